The fourth-order valence-corrected chi connectivity index (χ4v) is 6.96. The van der Waals surface area contributed by atoms with Gasteiger partial charge in [-0.15, -0.1) is 0 Å². The normalized spacial score (nSPS) is 22.1. The summed E-state index contributed by atoms with van der Waals surface area (Å²) in [5.74, 6) is -1.06. The van der Waals surface area contributed by atoms with Crippen molar-refractivity contribution in [2.45, 2.75) is 90.1 Å². The zero-order chi connectivity index (χ0) is 27.8. The van der Waals surface area contributed by atoms with Gasteiger partial charge in [-0.1, -0.05) is 20.8 Å². The van der Waals surface area contributed by atoms with Gasteiger partial charge in [-0.2, -0.15) is 0 Å². The van der Waals surface area contributed by atoms with E-state index in [9.17, 15) is 19.8 Å². The number of esters is 1. The number of fused-ring (bicyclic) bond motifs is 5. The Morgan fingerprint density at radius 1 is 1.26 bits per heavy atom. The number of carbonyl (C=O) groups excluding carboxylic acids is 1. The lowest BCUT2D eigenvalue weighted by molar-refractivity contribution is -0.172. The van der Waals surface area contributed by atoms with E-state index >= 15 is 4.39 Å². The number of hydrogen-bond donors (Lipinski definition) is 3. The quantitative estimate of drug-likeness (QED) is 0.325. The molecule has 3 aliphatic rings. The fraction of sp³-hybridized carbons (Fsp3) is 0.500. The zero-order valence-corrected chi connectivity index (χ0v) is 22.7. The number of rotatable bonds is 6. The second-order valence-corrected chi connectivity index (χ2v) is 11.4. The Morgan fingerprint density at radius 3 is 2.72 bits per heavy atom. The highest BCUT2D eigenvalue weighted by molar-refractivity contribution is 5.93. The van der Waals surface area contributed by atoms with Gasteiger partial charge in [-0.25, -0.2) is 14.2 Å². The van der Waals surface area contributed by atoms with E-state index in [2.05, 4.69) is 19.2 Å². The van der Waals surface area contributed by atoms with Gasteiger partial charge in [-0.3, -0.25) is 4.79 Å². The van der Waals surface area contributed by atoms with Crippen LogP contribution in [0.2, 0.25) is 0 Å². The van der Waals surface area contributed by atoms with Crippen molar-refractivity contribution in [3.05, 3.63) is 61.7 Å². The smallest absolute Gasteiger partial charge is 0.343 e. The Balaban J connectivity index is 1.65. The highest BCUT2D eigenvalue weighted by Crippen LogP contribution is 2.47. The minimum atomic E-state index is -1.91. The van der Waals surface area contributed by atoms with Crippen LogP contribution in [0.4, 0.5) is 4.39 Å². The molecule has 0 bridgehead atoms. The van der Waals surface area contributed by atoms with Crippen molar-refractivity contribution in [2.75, 3.05) is 6.61 Å². The number of carbonyl (C=O) groups is 1. The molecule has 1 aliphatic carbocycles. The summed E-state index contributed by atoms with van der Waals surface area (Å²) in [4.78, 5) is 31.2. The SMILES string of the molecule is CC[C@@]1(O)C(=O)OCc2c1cc1n(c2=O)Cc2c-1nc1cc(F)c(C)c3c1c2[C@H]([C@@H](CCO)NC(C)C)CC3. The van der Waals surface area contributed by atoms with Gasteiger partial charge < -0.3 is 24.8 Å². The topological polar surface area (TPSA) is 114 Å². The number of cyclic esters (lactones) is 1. The van der Waals surface area contributed by atoms with Crippen LogP contribution in [0.25, 0.3) is 22.3 Å². The minimum absolute atomic E-state index is 0.0203. The summed E-state index contributed by atoms with van der Waals surface area (Å²) in [5, 5.41) is 25.7. The van der Waals surface area contributed by atoms with Crippen molar-refractivity contribution in [2.24, 2.45) is 0 Å². The Labute approximate surface area is 225 Å². The van der Waals surface area contributed by atoms with Crippen LogP contribution in [-0.2, 0) is 34.7 Å². The Bertz CT molecular complexity index is 1600. The van der Waals surface area contributed by atoms with Gasteiger partial charge in [0.05, 0.1) is 29.0 Å². The van der Waals surface area contributed by atoms with E-state index in [0.29, 0.717) is 35.3 Å². The number of pyridine rings is 2. The Hall–Kier alpha value is -3.14. The molecular weight excluding hydrogens is 501 g/mol. The molecule has 1 aromatic carbocycles. The molecule has 206 valence electrons. The van der Waals surface area contributed by atoms with Gasteiger partial charge in [0.15, 0.2) is 5.60 Å². The van der Waals surface area contributed by atoms with Crippen LogP contribution in [0.3, 0.4) is 0 Å². The molecule has 0 spiro atoms. The van der Waals surface area contributed by atoms with Crippen molar-refractivity contribution in [1.29, 1.82) is 0 Å². The maximum atomic E-state index is 15.1. The monoisotopic (exact) mass is 535 g/mol. The molecule has 0 amide bonds. The van der Waals surface area contributed by atoms with Crippen LogP contribution in [-0.4, -0.2) is 44.4 Å². The number of aryl methyl sites for hydroxylation is 1. The summed E-state index contributed by atoms with van der Waals surface area (Å²) in [6.07, 6.45) is 2.09. The van der Waals surface area contributed by atoms with Gasteiger partial charge >= 0.3 is 5.97 Å². The van der Waals surface area contributed by atoms with E-state index in [4.69, 9.17) is 9.72 Å². The van der Waals surface area contributed by atoms with E-state index in [1.165, 1.54) is 6.07 Å². The molecule has 4 heterocycles. The molecule has 39 heavy (non-hydrogen) atoms. The average molecular weight is 536 g/mol. The van der Waals surface area contributed by atoms with Crippen molar-refractivity contribution in [3.63, 3.8) is 0 Å². The molecule has 0 saturated heterocycles. The number of nitrogens with one attached hydrogen (secondary N) is 1. The predicted octanol–water partition coefficient (Wildman–Crippen LogP) is 3.31. The number of aromatic nitrogens is 2. The summed E-state index contributed by atoms with van der Waals surface area (Å²) in [6.45, 7) is 7.75. The van der Waals surface area contributed by atoms with E-state index in [0.717, 1.165) is 28.5 Å². The number of aliphatic hydroxyl groups is 2. The predicted molar refractivity (Wildman–Crippen MR) is 144 cm³/mol. The number of nitrogens with zero attached hydrogens (tertiary/aromatic N) is 2. The van der Waals surface area contributed by atoms with Crippen molar-refractivity contribution in [1.82, 2.24) is 14.9 Å². The van der Waals surface area contributed by atoms with Crippen LogP contribution < -0.4 is 10.9 Å². The molecule has 0 unspecified atom stereocenters. The van der Waals surface area contributed by atoms with Gasteiger partial charge in [0.1, 0.15) is 12.4 Å². The van der Waals surface area contributed by atoms with Gasteiger partial charge in [0, 0.05) is 47.2 Å². The molecule has 0 fully saturated rings. The number of benzene rings is 1. The van der Waals surface area contributed by atoms with Gasteiger partial charge in [-0.05, 0) is 55.4 Å². The highest BCUT2D eigenvalue weighted by Gasteiger charge is 2.46. The molecule has 3 N–H and O–H groups in total. The van der Waals surface area contributed by atoms with E-state index < -0.39 is 11.6 Å². The molecule has 6 rings (SSSR count). The first-order valence-electron chi connectivity index (χ1n) is 13.8. The molecule has 0 radical (unpaired) electrons. The summed E-state index contributed by atoms with van der Waals surface area (Å²) in [5.41, 5.74) is 3.42. The minimum Gasteiger partial charge on any atom is -0.458 e. The second kappa shape index (κ2) is 9.21. The molecule has 2 aliphatic heterocycles. The lowest BCUT2D eigenvalue weighted by Gasteiger charge is -2.35. The molecular formula is C30H34FN3O5. The molecule has 0 saturated carbocycles. The first-order chi connectivity index (χ1) is 18.6. The first kappa shape index (κ1) is 26.1. The van der Waals surface area contributed by atoms with Crippen molar-refractivity contribution >= 4 is 16.9 Å². The largest absolute Gasteiger partial charge is 0.458 e. The third kappa shape index (κ3) is 3.70. The van der Waals surface area contributed by atoms with Crippen molar-refractivity contribution < 1.29 is 24.1 Å². The van der Waals surface area contributed by atoms with Gasteiger partial charge in [0.2, 0.25) is 0 Å². The Morgan fingerprint density at radius 2 is 2.03 bits per heavy atom. The average Bonchev–Trinajstić information content (AvgIpc) is 3.28. The lowest BCUT2D eigenvalue weighted by Crippen LogP contribution is -2.44. The van der Waals surface area contributed by atoms with Crippen LogP contribution in [0.1, 0.15) is 79.3 Å². The van der Waals surface area contributed by atoms with Gasteiger partial charge in [0.25, 0.3) is 5.56 Å². The molecule has 2 aromatic heterocycles. The number of hydrogen-bond acceptors (Lipinski definition) is 7. The molecule has 9 heteroatoms. The van der Waals surface area contributed by atoms with E-state index in [1.54, 1.807) is 24.5 Å². The van der Waals surface area contributed by atoms with E-state index in [-0.39, 0.29) is 66.7 Å². The number of aliphatic hydroxyl groups excluding tert-OH is 1. The first-order valence-corrected chi connectivity index (χ1v) is 13.8. The number of halogens is 1. The van der Waals surface area contributed by atoms with E-state index in [1.807, 2.05) is 0 Å². The summed E-state index contributed by atoms with van der Waals surface area (Å²) in [7, 11) is 0. The maximum Gasteiger partial charge on any atom is 0.343 e. The molecule has 8 nitrogen and oxygen atoms in total. The number of ether oxygens (including phenoxy) is 1. The Kier molecular flexibility index (Phi) is 6.17. The van der Waals surface area contributed by atoms with Crippen LogP contribution in [0.5, 0.6) is 0 Å². The zero-order valence-electron chi connectivity index (χ0n) is 22.7. The second-order valence-electron chi connectivity index (χ2n) is 11.4. The molecule has 3 atom stereocenters. The third-order valence-corrected chi connectivity index (χ3v) is 8.90. The van der Waals surface area contributed by atoms with Crippen LogP contribution in [0, 0.1) is 12.7 Å². The lowest BCUT2D eigenvalue weighted by atomic mass is 9.74. The maximum absolute atomic E-state index is 15.1. The summed E-state index contributed by atoms with van der Waals surface area (Å²) in [6, 6.07) is 3.34. The third-order valence-electron chi connectivity index (χ3n) is 8.90. The van der Waals surface area contributed by atoms with Crippen molar-refractivity contribution in [3.8, 4) is 11.4 Å². The molecule has 3 aromatic rings. The highest BCUT2D eigenvalue weighted by atomic mass is 19.1. The summed E-state index contributed by atoms with van der Waals surface area (Å²) < 4.78 is 21.9. The summed E-state index contributed by atoms with van der Waals surface area (Å²) >= 11 is 0. The standard InChI is InChI=1S/C30H34FN3O5/c1-5-30(38)20-10-24-27-18(12-34(24)28(36)19(20)13-39-29(30)37)25-17(22(8-9-35)32-14(2)3)7-6-16-15(4)21(31)11-23(33-27)26(16)25/h10-11,14,17,22,32,35,38H,5-9,12-13H2,1-4H3/t17-,22+,30-/m0/s1. The van der Waals surface area contributed by atoms with Crippen LogP contribution >= 0.6 is 0 Å². The van der Waals surface area contributed by atoms with Crippen LogP contribution in [0.15, 0.2) is 16.9 Å². The fourth-order valence-electron chi connectivity index (χ4n) is 6.96.